The minimum Gasteiger partial charge on any atom is -0.478 e. The molecule has 40 heavy (non-hydrogen) atoms. The Balaban J connectivity index is 1.72. The van der Waals surface area contributed by atoms with Crippen LogP contribution >= 0.6 is 0 Å². The topological polar surface area (TPSA) is 195 Å². The number of hydrogen-bond donors (Lipinski definition) is 5. The summed E-state index contributed by atoms with van der Waals surface area (Å²) in [5.41, 5.74) is 8.00. The average Bonchev–Trinajstić information content (AvgIpc) is 3.46. The maximum Gasteiger partial charge on any atom is 0.335 e. The van der Waals surface area contributed by atoms with Crippen molar-refractivity contribution < 1.29 is 28.2 Å². The van der Waals surface area contributed by atoms with Crippen LogP contribution < -0.4 is 11.1 Å². The molecule has 13 nitrogen and oxygen atoms in total. The number of aliphatic hydroxyl groups excluding tert-OH is 1. The van der Waals surface area contributed by atoms with Crippen molar-refractivity contribution in [2.45, 2.75) is 32.0 Å². The predicted octanol–water partition coefficient (Wildman–Crippen LogP) is 1.39. The summed E-state index contributed by atoms with van der Waals surface area (Å²) in [6, 6.07) is 12.6. The van der Waals surface area contributed by atoms with Crippen LogP contribution in [-0.4, -0.2) is 81.6 Å². The number of nitrogen functional groups attached to an aromatic ring is 1. The normalized spacial score (nSPS) is 17.7. The number of aromatic nitrogens is 2. The lowest BCUT2D eigenvalue weighted by atomic mass is 10.0. The van der Waals surface area contributed by atoms with Crippen molar-refractivity contribution in [3.8, 4) is 0 Å². The van der Waals surface area contributed by atoms with Crippen molar-refractivity contribution in [1.29, 1.82) is 5.41 Å². The van der Waals surface area contributed by atoms with Gasteiger partial charge in [-0.3, -0.25) is 10.2 Å². The summed E-state index contributed by atoms with van der Waals surface area (Å²) in [5, 5.41) is 35.3. The van der Waals surface area contributed by atoms with E-state index in [-0.39, 0.29) is 36.5 Å². The van der Waals surface area contributed by atoms with E-state index in [2.05, 4.69) is 10.4 Å². The van der Waals surface area contributed by atoms with Crippen molar-refractivity contribution in [1.82, 2.24) is 18.4 Å². The van der Waals surface area contributed by atoms with Crippen LogP contribution in [0.15, 0.2) is 48.5 Å². The summed E-state index contributed by atoms with van der Waals surface area (Å²) < 4.78 is 28.6. The Morgan fingerprint density at radius 3 is 2.40 bits per heavy atom. The van der Waals surface area contributed by atoms with Gasteiger partial charge in [-0.05, 0) is 37.1 Å². The van der Waals surface area contributed by atoms with Gasteiger partial charge in [-0.15, -0.1) is 0 Å². The van der Waals surface area contributed by atoms with E-state index in [1.165, 1.54) is 38.4 Å². The molecular formula is C26H31N7O6S. The number of hydrogen-bond acceptors (Lipinski definition) is 8. The number of carbonyl (C=O) groups is 2. The second-order valence-electron chi connectivity index (χ2n) is 9.70. The third-order valence-electron chi connectivity index (χ3n) is 6.81. The first-order valence-corrected chi connectivity index (χ1v) is 13.7. The van der Waals surface area contributed by atoms with E-state index in [9.17, 15) is 28.2 Å². The van der Waals surface area contributed by atoms with Crippen molar-refractivity contribution >= 4 is 33.7 Å². The summed E-state index contributed by atoms with van der Waals surface area (Å²) in [4.78, 5) is 25.1. The van der Waals surface area contributed by atoms with E-state index < -0.39 is 34.2 Å². The summed E-state index contributed by atoms with van der Waals surface area (Å²) >= 11 is 0. The molecule has 1 fully saturated rings. The molecule has 2 atom stereocenters. The SMILES string of the molecule is Cc1c(C2CC(O)N(S(=O)(=O)N(C)C)C2)nn(C(=O)c2cccc(C(=O)O)c2)c1NCc1ccc(C(=N)N)cc1. The fourth-order valence-corrected chi connectivity index (χ4v) is 5.77. The van der Waals surface area contributed by atoms with Crippen molar-refractivity contribution in [2.24, 2.45) is 5.73 Å². The van der Waals surface area contributed by atoms with Gasteiger partial charge in [0.1, 0.15) is 17.9 Å². The second-order valence-corrected chi connectivity index (χ2v) is 11.8. The molecule has 0 spiro atoms. The van der Waals surface area contributed by atoms with Crippen LogP contribution in [0.4, 0.5) is 5.82 Å². The van der Waals surface area contributed by atoms with Crippen LogP contribution in [0.3, 0.4) is 0 Å². The van der Waals surface area contributed by atoms with E-state index in [1.807, 2.05) is 0 Å². The number of aliphatic hydroxyl groups is 1. The van der Waals surface area contributed by atoms with Gasteiger partial charge in [0, 0.05) is 49.8 Å². The first kappa shape index (κ1) is 28.9. The van der Waals surface area contributed by atoms with Crippen LogP contribution in [-0.2, 0) is 16.8 Å². The molecule has 0 saturated carbocycles. The summed E-state index contributed by atoms with van der Waals surface area (Å²) in [6.45, 7) is 1.99. The van der Waals surface area contributed by atoms with Crippen molar-refractivity contribution in [3.63, 3.8) is 0 Å². The number of carboxylic acids is 1. The number of rotatable bonds is 9. The molecule has 14 heteroatoms. The van der Waals surface area contributed by atoms with Gasteiger partial charge in [-0.1, -0.05) is 30.3 Å². The molecule has 1 aliphatic heterocycles. The fourth-order valence-electron chi connectivity index (χ4n) is 4.59. The molecule has 0 bridgehead atoms. The van der Waals surface area contributed by atoms with Gasteiger partial charge in [0.05, 0.1) is 11.3 Å². The van der Waals surface area contributed by atoms with Crippen LogP contribution in [0.1, 0.15) is 55.4 Å². The highest BCUT2D eigenvalue weighted by Gasteiger charge is 2.42. The third kappa shape index (κ3) is 5.60. The fraction of sp³-hybridized carbons (Fsp3) is 0.308. The van der Waals surface area contributed by atoms with Gasteiger partial charge in [-0.25, -0.2) is 4.79 Å². The summed E-state index contributed by atoms with van der Waals surface area (Å²) in [7, 11) is -1.13. The number of aromatic carboxylic acids is 1. The highest BCUT2D eigenvalue weighted by atomic mass is 32.2. The Morgan fingerprint density at radius 1 is 1.15 bits per heavy atom. The molecular weight excluding hydrogens is 538 g/mol. The quantitative estimate of drug-likeness (QED) is 0.187. The standard InChI is InChI=1S/C26H31N7O6S/c1-15-22(20-12-21(34)32(14-20)40(38,39)31(2)3)30-33(25(35)18-5-4-6-19(11-18)26(36)37)24(15)29-13-16-7-9-17(10-8-16)23(27)28/h4-11,20-21,29,34H,12-14H2,1-3H3,(H3,27,28)(H,36,37). The van der Waals surface area contributed by atoms with Gasteiger partial charge >= 0.3 is 5.97 Å². The molecule has 1 aromatic heterocycles. The zero-order chi connectivity index (χ0) is 29.4. The van der Waals surface area contributed by atoms with E-state index in [0.29, 0.717) is 22.6 Å². The number of anilines is 1. The maximum atomic E-state index is 13.6. The van der Waals surface area contributed by atoms with Gasteiger partial charge in [0.2, 0.25) is 0 Å². The first-order valence-electron chi connectivity index (χ1n) is 12.3. The molecule has 4 rings (SSSR count). The minimum absolute atomic E-state index is 0.0336. The molecule has 0 radical (unpaired) electrons. The number of nitrogens with zero attached hydrogens (tertiary/aromatic N) is 4. The van der Waals surface area contributed by atoms with E-state index in [1.54, 1.807) is 31.2 Å². The highest BCUT2D eigenvalue weighted by Crippen LogP contribution is 2.36. The molecule has 212 valence electrons. The number of benzene rings is 2. The number of nitrogens with two attached hydrogens (primary N) is 1. The Hall–Kier alpha value is -4.11. The molecule has 2 unspecified atom stereocenters. The number of amidine groups is 1. The minimum atomic E-state index is -3.89. The number of nitrogens with one attached hydrogen (secondary N) is 2. The highest BCUT2D eigenvalue weighted by molar-refractivity contribution is 7.86. The second kappa shape index (κ2) is 11.2. The lowest BCUT2D eigenvalue weighted by molar-refractivity contribution is 0.0696. The van der Waals surface area contributed by atoms with Crippen molar-refractivity contribution in [2.75, 3.05) is 26.0 Å². The molecule has 0 aliphatic carbocycles. The Bertz CT molecular complexity index is 1570. The molecule has 2 aromatic carbocycles. The van der Waals surface area contributed by atoms with E-state index in [4.69, 9.17) is 11.1 Å². The van der Waals surface area contributed by atoms with Crippen LogP contribution in [0, 0.1) is 12.3 Å². The smallest absolute Gasteiger partial charge is 0.335 e. The zero-order valence-corrected chi connectivity index (χ0v) is 23.0. The molecule has 2 heterocycles. The van der Waals surface area contributed by atoms with Crippen LogP contribution in [0.5, 0.6) is 0 Å². The van der Waals surface area contributed by atoms with Crippen LogP contribution in [0.25, 0.3) is 0 Å². The Kier molecular flexibility index (Phi) is 8.07. The largest absolute Gasteiger partial charge is 0.478 e. The number of carboxylic acid groups (broad SMARTS) is 1. The van der Waals surface area contributed by atoms with E-state index >= 15 is 0 Å². The average molecular weight is 570 g/mol. The Morgan fingerprint density at radius 2 is 1.80 bits per heavy atom. The van der Waals surface area contributed by atoms with Gasteiger partial charge < -0.3 is 21.3 Å². The lowest BCUT2D eigenvalue weighted by Gasteiger charge is -2.23. The zero-order valence-electron chi connectivity index (χ0n) is 22.2. The predicted molar refractivity (Wildman–Crippen MR) is 148 cm³/mol. The van der Waals surface area contributed by atoms with Gasteiger partial charge in [0.25, 0.3) is 16.1 Å². The first-order chi connectivity index (χ1) is 18.8. The van der Waals surface area contributed by atoms with E-state index in [0.717, 1.165) is 18.9 Å². The molecule has 3 aromatic rings. The molecule has 1 saturated heterocycles. The third-order valence-corrected chi connectivity index (χ3v) is 8.71. The van der Waals surface area contributed by atoms with Gasteiger partial charge in [-0.2, -0.15) is 26.8 Å². The number of carbonyl (C=O) groups excluding carboxylic acids is 1. The molecule has 1 aliphatic rings. The monoisotopic (exact) mass is 569 g/mol. The summed E-state index contributed by atoms with van der Waals surface area (Å²) in [5.74, 6) is -1.97. The Labute approximate surface area is 231 Å². The lowest BCUT2D eigenvalue weighted by Crippen LogP contribution is -2.42. The summed E-state index contributed by atoms with van der Waals surface area (Å²) in [6.07, 6.45) is -1.18. The van der Waals surface area contributed by atoms with Crippen molar-refractivity contribution in [3.05, 3.63) is 82.0 Å². The maximum absolute atomic E-state index is 13.6. The molecule has 0 amide bonds. The molecule has 6 N–H and O–H groups in total. The van der Waals surface area contributed by atoms with Crippen LogP contribution in [0.2, 0.25) is 0 Å². The van der Waals surface area contributed by atoms with Gasteiger partial charge in [0.15, 0.2) is 0 Å².